The number of ether oxygens (including phenoxy) is 1. The Morgan fingerprint density at radius 3 is 2.49 bits per heavy atom. The van der Waals surface area contributed by atoms with E-state index in [1.807, 2.05) is 16.7 Å². The summed E-state index contributed by atoms with van der Waals surface area (Å²) in [5.74, 6) is 0.713. The quantitative estimate of drug-likeness (QED) is 0.493. The molecule has 2 saturated heterocycles. The third-order valence-electron chi connectivity index (χ3n) is 6.23. The Balaban J connectivity index is 1.50. The summed E-state index contributed by atoms with van der Waals surface area (Å²) in [4.78, 5) is 18.3. The first kappa shape index (κ1) is 23.9. The van der Waals surface area contributed by atoms with Gasteiger partial charge in [-0.15, -0.1) is 0 Å². The molecule has 3 aromatic heterocycles. The molecule has 0 spiro atoms. The highest BCUT2D eigenvalue weighted by Gasteiger charge is 2.26. The lowest BCUT2D eigenvalue weighted by atomic mass is 10.2. The fourth-order valence-corrected chi connectivity index (χ4v) is 5.45. The highest BCUT2D eigenvalue weighted by atomic mass is 35.5. The molecule has 5 rings (SSSR count). The molecule has 0 atom stereocenters. The van der Waals surface area contributed by atoms with E-state index in [0.717, 1.165) is 5.69 Å². The zero-order valence-electron chi connectivity index (χ0n) is 19.3. The van der Waals surface area contributed by atoms with Gasteiger partial charge in [0.05, 0.1) is 25.2 Å². The van der Waals surface area contributed by atoms with Crippen LogP contribution in [0.3, 0.4) is 0 Å². The Morgan fingerprint density at radius 2 is 1.86 bits per heavy atom. The van der Waals surface area contributed by atoms with Crippen molar-refractivity contribution >= 4 is 33.1 Å². The van der Waals surface area contributed by atoms with Crippen LogP contribution in [-0.2, 0) is 21.3 Å². The molecule has 2 aliphatic heterocycles. The van der Waals surface area contributed by atoms with Gasteiger partial charge >= 0.3 is 0 Å². The number of sulfonamides is 1. The van der Waals surface area contributed by atoms with Crippen LogP contribution in [0.4, 0.5) is 5.82 Å². The lowest BCUT2D eigenvalue weighted by Crippen LogP contribution is -2.47. The molecule has 0 radical (unpaired) electrons. The number of morpholine rings is 1. The van der Waals surface area contributed by atoms with Gasteiger partial charge in [0.1, 0.15) is 22.6 Å². The predicted molar refractivity (Wildman–Crippen MR) is 131 cm³/mol. The molecule has 0 aromatic carbocycles. The molecule has 0 amide bonds. The lowest BCUT2D eigenvalue weighted by molar-refractivity contribution is 0.122. The molecular formula is C22H25ClN8O3S. The predicted octanol–water partition coefficient (Wildman–Crippen LogP) is 1.23. The maximum atomic E-state index is 11.8. The Morgan fingerprint density at radius 1 is 1.11 bits per heavy atom. The van der Waals surface area contributed by atoms with Crippen molar-refractivity contribution in [2.45, 2.75) is 6.54 Å². The van der Waals surface area contributed by atoms with Crippen molar-refractivity contribution in [3.63, 3.8) is 0 Å². The third-order valence-corrected chi connectivity index (χ3v) is 7.89. The van der Waals surface area contributed by atoms with E-state index < -0.39 is 10.0 Å². The highest BCUT2D eigenvalue weighted by molar-refractivity contribution is 7.88. The number of imidazole rings is 1. The maximum absolute atomic E-state index is 11.8. The van der Waals surface area contributed by atoms with Gasteiger partial charge in [0.2, 0.25) is 10.0 Å². The minimum Gasteiger partial charge on any atom is -0.378 e. The summed E-state index contributed by atoms with van der Waals surface area (Å²) in [5, 5.41) is 9.49. The Bertz CT molecular complexity index is 1370. The van der Waals surface area contributed by atoms with Crippen molar-refractivity contribution in [3.05, 3.63) is 41.1 Å². The Labute approximate surface area is 208 Å². The zero-order chi connectivity index (χ0) is 24.6. The number of nitriles is 1. The molecule has 13 heteroatoms. The Hall–Kier alpha value is -2.82. The number of pyridine rings is 1. The van der Waals surface area contributed by atoms with Crippen LogP contribution in [0.15, 0.2) is 24.5 Å². The Kier molecular flexibility index (Phi) is 6.61. The molecule has 3 aromatic rings. The molecule has 35 heavy (non-hydrogen) atoms. The first-order valence-electron chi connectivity index (χ1n) is 11.3. The number of piperazine rings is 1. The van der Waals surface area contributed by atoms with E-state index in [2.05, 4.69) is 14.8 Å². The van der Waals surface area contributed by atoms with Crippen LogP contribution < -0.4 is 4.90 Å². The van der Waals surface area contributed by atoms with E-state index in [-0.39, 0.29) is 0 Å². The molecular weight excluding hydrogens is 492 g/mol. The average molecular weight is 517 g/mol. The fourth-order valence-electron chi connectivity index (χ4n) is 4.35. The number of anilines is 1. The minimum atomic E-state index is -3.18. The smallest absolute Gasteiger partial charge is 0.211 e. The first-order valence-corrected chi connectivity index (χ1v) is 13.5. The molecule has 0 N–H and O–H groups in total. The number of halogens is 1. The largest absolute Gasteiger partial charge is 0.378 e. The monoisotopic (exact) mass is 516 g/mol. The summed E-state index contributed by atoms with van der Waals surface area (Å²) in [6, 6.07) is 5.45. The molecule has 0 unspecified atom stereocenters. The summed E-state index contributed by atoms with van der Waals surface area (Å²) >= 11 is 6.82. The highest BCUT2D eigenvalue weighted by Crippen LogP contribution is 2.32. The van der Waals surface area contributed by atoms with E-state index in [0.29, 0.717) is 92.6 Å². The standard InChI is InChI=1S/C22H25ClN8O3S/c1-35(32,33)30-6-4-28(5-7-30)14-18-15-31-20(23)19(16-2-3-17(12-24)25-13-16)27-21(22(31)26-18)29-8-10-34-11-9-29/h2-3,13,15H,4-11,14H2,1H3. The topological polar surface area (TPSA) is 120 Å². The second kappa shape index (κ2) is 9.67. The number of hydrogen-bond acceptors (Lipinski definition) is 9. The van der Waals surface area contributed by atoms with Crippen molar-refractivity contribution in [1.82, 2.24) is 28.6 Å². The van der Waals surface area contributed by atoms with Gasteiger partial charge in [-0.1, -0.05) is 11.6 Å². The van der Waals surface area contributed by atoms with Gasteiger partial charge in [-0.3, -0.25) is 9.30 Å². The number of rotatable bonds is 5. The van der Waals surface area contributed by atoms with E-state index >= 15 is 0 Å². The van der Waals surface area contributed by atoms with Crippen molar-refractivity contribution in [3.8, 4) is 17.3 Å². The van der Waals surface area contributed by atoms with E-state index in [4.69, 9.17) is 31.6 Å². The number of fused-ring (bicyclic) bond motifs is 1. The number of hydrogen-bond donors (Lipinski definition) is 0. The van der Waals surface area contributed by atoms with E-state index in [9.17, 15) is 8.42 Å². The zero-order valence-corrected chi connectivity index (χ0v) is 20.8. The van der Waals surface area contributed by atoms with Gasteiger partial charge < -0.3 is 9.64 Å². The third kappa shape index (κ3) is 4.96. The van der Waals surface area contributed by atoms with E-state index in [1.54, 1.807) is 18.3 Å². The summed E-state index contributed by atoms with van der Waals surface area (Å²) in [7, 11) is -3.18. The molecule has 184 valence electrons. The number of aromatic nitrogens is 4. The second-order valence-corrected chi connectivity index (χ2v) is 10.9. The van der Waals surface area contributed by atoms with Gasteiger partial charge in [-0.25, -0.2) is 23.4 Å². The van der Waals surface area contributed by atoms with Crippen molar-refractivity contribution in [2.75, 3.05) is 63.6 Å². The molecule has 0 aliphatic carbocycles. The maximum Gasteiger partial charge on any atom is 0.211 e. The van der Waals surface area contributed by atoms with Gasteiger partial charge in [0, 0.05) is 63.8 Å². The summed E-state index contributed by atoms with van der Waals surface area (Å²) in [6.45, 7) is 5.33. The summed E-state index contributed by atoms with van der Waals surface area (Å²) < 4.78 is 32.5. The SMILES string of the molecule is CS(=O)(=O)N1CCN(Cc2cn3c(Cl)c(-c4ccc(C#N)nc4)nc(N4CCOCC4)c3n2)CC1. The van der Waals surface area contributed by atoms with Crippen LogP contribution in [-0.4, -0.2) is 95.7 Å². The van der Waals surface area contributed by atoms with Crippen LogP contribution in [0, 0.1) is 11.3 Å². The molecule has 2 fully saturated rings. The van der Waals surface area contributed by atoms with Crippen LogP contribution in [0.1, 0.15) is 11.4 Å². The van der Waals surface area contributed by atoms with Crippen molar-refractivity contribution < 1.29 is 13.2 Å². The minimum absolute atomic E-state index is 0.320. The van der Waals surface area contributed by atoms with Gasteiger partial charge in [-0.2, -0.15) is 9.57 Å². The molecule has 2 aliphatic rings. The van der Waals surface area contributed by atoms with Crippen LogP contribution >= 0.6 is 11.6 Å². The van der Waals surface area contributed by atoms with Crippen LogP contribution in [0.25, 0.3) is 16.9 Å². The second-order valence-electron chi connectivity index (χ2n) is 8.58. The van der Waals surface area contributed by atoms with E-state index in [1.165, 1.54) is 10.6 Å². The van der Waals surface area contributed by atoms with Gasteiger partial charge in [0.15, 0.2) is 11.5 Å². The van der Waals surface area contributed by atoms with Crippen molar-refractivity contribution in [2.24, 2.45) is 0 Å². The van der Waals surface area contributed by atoms with Crippen LogP contribution in [0.5, 0.6) is 0 Å². The number of nitrogens with zero attached hydrogens (tertiary/aromatic N) is 8. The summed E-state index contributed by atoms with van der Waals surface area (Å²) in [6.07, 6.45) is 4.75. The van der Waals surface area contributed by atoms with Gasteiger partial charge in [-0.05, 0) is 12.1 Å². The van der Waals surface area contributed by atoms with Crippen LogP contribution in [0.2, 0.25) is 5.15 Å². The fraction of sp³-hybridized carbons (Fsp3) is 0.455. The molecule has 11 nitrogen and oxygen atoms in total. The average Bonchev–Trinajstić information content (AvgIpc) is 3.29. The summed E-state index contributed by atoms with van der Waals surface area (Å²) in [5.41, 5.74) is 3.07. The molecule has 0 bridgehead atoms. The lowest BCUT2D eigenvalue weighted by Gasteiger charge is -2.32. The first-order chi connectivity index (χ1) is 16.8. The van der Waals surface area contributed by atoms with Crippen molar-refractivity contribution in [1.29, 1.82) is 5.26 Å². The van der Waals surface area contributed by atoms with Gasteiger partial charge in [0.25, 0.3) is 0 Å². The molecule has 5 heterocycles. The normalized spacial score (nSPS) is 18.1. The molecule has 0 saturated carbocycles.